The predicted octanol–water partition coefficient (Wildman–Crippen LogP) is 0.472. The van der Waals surface area contributed by atoms with Crippen LogP contribution in [0.15, 0.2) is 0 Å². The van der Waals surface area contributed by atoms with E-state index >= 15 is 0 Å². The summed E-state index contributed by atoms with van der Waals surface area (Å²) in [6.07, 6.45) is 4.09. The Kier molecular flexibility index (Phi) is 4.34. The normalized spacial score (nSPS) is 32.4. The maximum absolute atomic E-state index is 11.7. The number of methoxy groups -OCH3 is 2. The highest BCUT2D eigenvalue weighted by Crippen LogP contribution is 2.56. The van der Waals surface area contributed by atoms with E-state index in [1.54, 1.807) is 0 Å². The van der Waals surface area contributed by atoms with Crippen LogP contribution in [0.1, 0.15) is 38.5 Å². The van der Waals surface area contributed by atoms with Crippen LogP contribution < -0.4 is 0 Å². The Hall–Kier alpha value is -1.14. The van der Waals surface area contributed by atoms with Crippen molar-refractivity contribution in [2.24, 2.45) is 0 Å². The average molecular weight is 285 g/mol. The molecular weight excluding hydrogens is 262 g/mol. The highest BCUT2D eigenvalue weighted by Gasteiger charge is 2.61. The fraction of sp³-hybridized carbons (Fsp3) is 0.857. The number of β-amino-alcohol motifs (C(OH)–C–C–N with tert-alkyl or cyclic N) is 1. The lowest BCUT2D eigenvalue weighted by Crippen LogP contribution is -2.50. The monoisotopic (exact) mass is 285 g/mol. The standard InChI is InChI=1S/C14H23NO5/c1-19-11(17)9-13-3-5-14(6-4-13,10-12(18)20-2)15(13)7-8-16/h16H,3-10H2,1-2H3. The zero-order chi connectivity index (χ0) is 14.8. The molecule has 2 rings (SSSR count). The number of nitrogens with zero attached hydrogens (tertiary/aromatic N) is 1. The number of esters is 2. The van der Waals surface area contributed by atoms with Crippen LogP contribution in [0.4, 0.5) is 0 Å². The summed E-state index contributed by atoms with van der Waals surface area (Å²) in [7, 11) is 2.78. The molecule has 2 fully saturated rings. The Balaban J connectivity index is 2.20. The number of fused-ring (bicyclic) bond motifs is 2. The van der Waals surface area contributed by atoms with E-state index in [1.807, 2.05) is 0 Å². The van der Waals surface area contributed by atoms with E-state index in [1.165, 1.54) is 14.2 Å². The topological polar surface area (TPSA) is 76.1 Å². The van der Waals surface area contributed by atoms with Gasteiger partial charge in [-0.05, 0) is 25.7 Å². The van der Waals surface area contributed by atoms with Crippen molar-refractivity contribution in [3.8, 4) is 0 Å². The van der Waals surface area contributed by atoms with E-state index in [9.17, 15) is 14.7 Å². The number of hydrogen-bond donors (Lipinski definition) is 1. The van der Waals surface area contributed by atoms with Gasteiger partial charge in [0, 0.05) is 17.6 Å². The Morgan fingerprint density at radius 3 is 1.70 bits per heavy atom. The van der Waals surface area contributed by atoms with Crippen LogP contribution in [0.3, 0.4) is 0 Å². The SMILES string of the molecule is COC(=O)CC12CCC(CC(=O)OC)(CC1)N2CCO. The van der Waals surface area contributed by atoms with Crippen molar-refractivity contribution in [1.82, 2.24) is 4.90 Å². The molecule has 2 aliphatic rings. The molecule has 0 saturated carbocycles. The van der Waals surface area contributed by atoms with E-state index in [0.29, 0.717) is 19.4 Å². The summed E-state index contributed by atoms with van der Waals surface area (Å²) < 4.78 is 9.60. The van der Waals surface area contributed by atoms with Crippen LogP contribution in [0, 0.1) is 0 Å². The average Bonchev–Trinajstić information content (AvgIpc) is 2.88. The molecule has 0 aromatic rings. The van der Waals surface area contributed by atoms with Crippen LogP contribution in [0.2, 0.25) is 0 Å². The Morgan fingerprint density at radius 1 is 1.00 bits per heavy atom. The maximum atomic E-state index is 11.7. The first-order valence-corrected chi connectivity index (χ1v) is 7.04. The van der Waals surface area contributed by atoms with Crippen LogP contribution in [0.25, 0.3) is 0 Å². The van der Waals surface area contributed by atoms with Crippen molar-refractivity contribution in [3.05, 3.63) is 0 Å². The minimum atomic E-state index is -0.260. The molecule has 6 heteroatoms. The van der Waals surface area contributed by atoms with Gasteiger partial charge in [0.15, 0.2) is 0 Å². The molecule has 1 N–H and O–H groups in total. The number of aliphatic hydroxyl groups excluding tert-OH is 1. The Bertz CT molecular complexity index is 353. The van der Waals surface area contributed by atoms with Gasteiger partial charge in [0.05, 0.1) is 33.7 Å². The van der Waals surface area contributed by atoms with E-state index in [4.69, 9.17) is 9.47 Å². The molecule has 114 valence electrons. The highest BCUT2D eigenvalue weighted by molar-refractivity contribution is 5.73. The van der Waals surface area contributed by atoms with Crippen molar-refractivity contribution in [3.63, 3.8) is 0 Å². The molecule has 2 saturated heterocycles. The molecule has 0 spiro atoms. The number of ether oxygens (including phenoxy) is 2. The maximum Gasteiger partial charge on any atom is 0.307 e. The lowest BCUT2D eigenvalue weighted by atomic mass is 9.79. The van der Waals surface area contributed by atoms with E-state index in [-0.39, 0.29) is 29.6 Å². The number of hydrogen-bond acceptors (Lipinski definition) is 6. The first-order valence-electron chi connectivity index (χ1n) is 7.04. The van der Waals surface area contributed by atoms with Gasteiger partial charge >= 0.3 is 11.9 Å². The van der Waals surface area contributed by atoms with Crippen molar-refractivity contribution in [2.45, 2.75) is 49.6 Å². The summed E-state index contributed by atoms with van der Waals surface area (Å²) in [5.41, 5.74) is -0.520. The molecular formula is C14H23NO5. The zero-order valence-corrected chi connectivity index (χ0v) is 12.2. The number of aliphatic hydroxyl groups is 1. The summed E-state index contributed by atoms with van der Waals surface area (Å²) in [4.78, 5) is 25.5. The molecule has 0 amide bonds. The van der Waals surface area contributed by atoms with Gasteiger partial charge in [-0.3, -0.25) is 14.5 Å². The van der Waals surface area contributed by atoms with Gasteiger partial charge in [-0.1, -0.05) is 0 Å². The molecule has 0 atom stereocenters. The van der Waals surface area contributed by atoms with Gasteiger partial charge in [-0.2, -0.15) is 0 Å². The Labute approximate surface area is 119 Å². The van der Waals surface area contributed by atoms with Gasteiger partial charge < -0.3 is 14.6 Å². The molecule has 0 aliphatic carbocycles. The number of rotatable bonds is 6. The molecule has 2 bridgehead atoms. The third kappa shape index (κ3) is 2.42. The number of carbonyl (C=O) groups is 2. The van der Waals surface area contributed by atoms with Crippen LogP contribution in [0.5, 0.6) is 0 Å². The molecule has 0 aromatic heterocycles. The fourth-order valence-electron chi connectivity index (χ4n) is 4.02. The van der Waals surface area contributed by atoms with E-state index in [0.717, 1.165) is 25.7 Å². The second kappa shape index (κ2) is 5.69. The van der Waals surface area contributed by atoms with Crippen molar-refractivity contribution < 1.29 is 24.2 Å². The minimum Gasteiger partial charge on any atom is -0.469 e. The summed E-state index contributed by atoms with van der Waals surface area (Å²) in [5.74, 6) is -0.465. The number of carbonyl (C=O) groups excluding carboxylic acids is 2. The van der Waals surface area contributed by atoms with Gasteiger partial charge in [-0.25, -0.2) is 0 Å². The van der Waals surface area contributed by atoms with E-state index in [2.05, 4.69) is 4.90 Å². The molecule has 2 heterocycles. The van der Waals surface area contributed by atoms with Gasteiger partial charge in [-0.15, -0.1) is 0 Å². The van der Waals surface area contributed by atoms with Crippen LogP contribution in [-0.4, -0.2) is 60.4 Å². The highest BCUT2D eigenvalue weighted by atomic mass is 16.5. The van der Waals surface area contributed by atoms with Gasteiger partial charge in [0.1, 0.15) is 0 Å². The fourth-order valence-corrected chi connectivity index (χ4v) is 4.02. The molecule has 20 heavy (non-hydrogen) atoms. The minimum absolute atomic E-state index is 0.0197. The third-order valence-electron chi connectivity index (χ3n) is 4.98. The lowest BCUT2D eigenvalue weighted by molar-refractivity contribution is -0.144. The lowest BCUT2D eigenvalue weighted by Gasteiger charge is -2.38. The summed E-state index contributed by atoms with van der Waals surface area (Å²) in [6, 6.07) is 0. The third-order valence-corrected chi connectivity index (χ3v) is 4.98. The van der Waals surface area contributed by atoms with Crippen molar-refractivity contribution in [2.75, 3.05) is 27.4 Å². The quantitative estimate of drug-likeness (QED) is 0.715. The van der Waals surface area contributed by atoms with E-state index < -0.39 is 0 Å². The summed E-state index contributed by atoms with van der Waals surface area (Å²) in [6.45, 7) is 0.500. The molecule has 0 radical (unpaired) electrons. The van der Waals surface area contributed by atoms with Crippen LogP contribution >= 0.6 is 0 Å². The largest absolute Gasteiger partial charge is 0.469 e. The van der Waals surface area contributed by atoms with Crippen LogP contribution in [-0.2, 0) is 19.1 Å². The molecule has 2 aliphatic heterocycles. The van der Waals surface area contributed by atoms with Gasteiger partial charge in [0.25, 0.3) is 0 Å². The van der Waals surface area contributed by atoms with Crippen molar-refractivity contribution in [1.29, 1.82) is 0 Å². The van der Waals surface area contributed by atoms with Gasteiger partial charge in [0.2, 0.25) is 0 Å². The molecule has 0 unspecified atom stereocenters. The predicted molar refractivity (Wildman–Crippen MR) is 71.0 cm³/mol. The Morgan fingerprint density at radius 2 is 1.40 bits per heavy atom. The summed E-state index contributed by atoms with van der Waals surface area (Å²) >= 11 is 0. The second-order valence-electron chi connectivity index (χ2n) is 5.83. The molecule has 0 aromatic carbocycles. The first-order chi connectivity index (χ1) is 9.52. The molecule has 6 nitrogen and oxygen atoms in total. The first kappa shape index (κ1) is 15.3. The second-order valence-corrected chi connectivity index (χ2v) is 5.83. The van der Waals surface area contributed by atoms with Crippen molar-refractivity contribution >= 4 is 11.9 Å². The zero-order valence-electron chi connectivity index (χ0n) is 12.2. The smallest absolute Gasteiger partial charge is 0.307 e. The summed E-state index contributed by atoms with van der Waals surface area (Å²) in [5, 5.41) is 9.33.